The summed E-state index contributed by atoms with van der Waals surface area (Å²) in [7, 11) is 0. The number of anilines is 1. The van der Waals surface area contributed by atoms with Gasteiger partial charge in [-0.15, -0.1) is 0 Å². The van der Waals surface area contributed by atoms with Gasteiger partial charge in [0, 0.05) is 31.3 Å². The lowest BCUT2D eigenvalue weighted by Gasteiger charge is -2.30. The van der Waals surface area contributed by atoms with E-state index in [1.807, 2.05) is 12.1 Å². The van der Waals surface area contributed by atoms with Gasteiger partial charge in [0.1, 0.15) is 6.04 Å². The van der Waals surface area contributed by atoms with Gasteiger partial charge in [-0.05, 0) is 43.4 Å². The molecule has 0 saturated carbocycles. The Kier molecular flexibility index (Phi) is 6.22. The molecule has 10 heteroatoms. The summed E-state index contributed by atoms with van der Waals surface area (Å²) in [5.74, 6) is -2.02. The zero-order chi connectivity index (χ0) is 23.5. The molecule has 2 saturated heterocycles. The van der Waals surface area contributed by atoms with Gasteiger partial charge in [0.15, 0.2) is 0 Å². The van der Waals surface area contributed by atoms with Crippen LogP contribution in [0.1, 0.15) is 46.4 Å². The third-order valence-corrected chi connectivity index (χ3v) is 6.22. The van der Waals surface area contributed by atoms with Crippen molar-refractivity contribution in [1.29, 1.82) is 5.26 Å². The maximum atomic E-state index is 12.9. The maximum Gasteiger partial charge on any atom is 0.262 e. The molecule has 1 unspecified atom stereocenters. The summed E-state index contributed by atoms with van der Waals surface area (Å²) < 4.78 is 0. The standard InChI is InChI=1S/C23H23N5O5/c24-9-1-2-14-7-10-27(11-8-14)20(30)13-25-15-3-4-16-17(12-15)23(33)28(22(16)32)18-5-6-19(29)26-21(18)31/h1-4,12,14,18,25H,5-8,10-11,13H2,(H,26,29,31). The van der Waals surface area contributed by atoms with Crippen LogP contribution >= 0.6 is 0 Å². The summed E-state index contributed by atoms with van der Waals surface area (Å²) >= 11 is 0. The summed E-state index contributed by atoms with van der Waals surface area (Å²) in [6, 6.07) is 5.59. The third kappa shape index (κ3) is 4.48. The molecule has 33 heavy (non-hydrogen) atoms. The minimum Gasteiger partial charge on any atom is -0.376 e. The first-order chi connectivity index (χ1) is 15.9. The minimum absolute atomic E-state index is 0.0382. The molecule has 0 aromatic heterocycles. The topological polar surface area (TPSA) is 140 Å². The number of hydrogen-bond acceptors (Lipinski definition) is 7. The van der Waals surface area contributed by atoms with E-state index in [9.17, 15) is 24.0 Å². The fraction of sp³-hybridized carbons (Fsp3) is 0.391. The van der Waals surface area contributed by atoms with Gasteiger partial charge in [-0.2, -0.15) is 5.26 Å². The second kappa shape index (κ2) is 9.24. The lowest BCUT2D eigenvalue weighted by molar-refractivity contribution is -0.136. The quantitative estimate of drug-likeness (QED) is 0.501. The molecule has 10 nitrogen and oxygen atoms in total. The zero-order valence-electron chi connectivity index (χ0n) is 17.9. The van der Waals surface area contributed by atoms with Crippen molar-refractivity contribution in [3.05, 3.63) is 41.5 Å². The number of rotatable bonds is 5. The Balaban J connectivity index is 1.37. The van der Waals surface area contributed by atoms with Gasteiger partial charge in [0.05, 0.1) is 23.7 Å². The number of fused-ring (bicyclic) bond motifs is 1. The highest BCUT2D eigenvalue weighted by Gasteiger charge is 2.44. The van der Waals surface area contributed by atoms with Crippen LogP contribution in [-0.2, 0) is 14.4 Å². The van der Waals surface area contributed by atoms with E-state index in [-0.39, 0.29) is 36.4 Å². The molecule has 2 N–H and O–H groups in total. The molecular weight excluding hydrogens is 426 g/mol. The van der Waals surface area contributed by atoms with Gasteiger partial charge in [-0.3, -0.25) is 34.2 Å². The predicted octanol–water partition coefficient (Wildman–Crippen LogP) is 0.818. The van der Waals surface area contributed by atoms with Crippen molar-refractivity contribution < 1.29 is 24.0 Å². The summed E-state index contributed by atoms with van der Waals surface area (Å²) in [6.07, 6.45) is 5.11. The van der Waals surface area contributed by atoms with Crippen LogP contribution in [0.2, 0.25) is 0 Å². The van der Waals surface area contributed by atoms with Crippen LogP contribution in [0, 0.1) is 17.2 Å². The summed E-state index contributed by atoms with van der Waals surface area (Å²) in [5, 5.41) is 13.8. The average Bonchev–Trinajstić information content (AvgIpc) is 3.06. The lowest BCUT2D eigenvalue weighted by atomic mass is 9.96. The number of imide groups is 2. The van der Waals surface area contributed by atoms with Crippen LogP contribution in [0.3, 0.4) is 0 Å². The van der Waals surface area contributed by atoms with Crippen molar-refractivity contribution in [2.45, 2.75) is 31.7 Å². The normalized spacial score (nSPS) is 21.2. The minimum atomic E-state index is -1.01. The Morgan fingerprint density at radius 1 is 1.12 bits per heavy atom. The van der Waals surface area contributed by atoms with Gasteiger partial charge in [0.25, 0.3) is 11.8 Å². The molecule has 1 aromatic carbocycles. The summed E-state index contributed by atoms with van der Waals surface area (Å²) in [4.78, 5) is 64.4. The van der Waals surface area contributed by atoms with Gasteiger partial charge < -0.3 is 10.2 Å². The van der Waals surface area contributed by atoms with Gasteiger partial charge in [-0.1, -0.05) is 6.08 Å². The molecule has 3 aliphatic rings. The second-order valence-electron chi connectivity index (χ2n) is 8.27. The number of piperidine rings is 2. The van der Waals surface area contributed by atoms with E-state index < -0.39 is 29.7 Å². The number of benzene rings is 1. The van der Waals surface area contributed by atoms with Crippen molar-refractivity contribution in [2.75, 3.05) is 25.0 Å². The molecule has 5 amide bonds. The number of nitrogens with zero attached hydrogens (tertiary/aromatic N) is 3. The van der Waals surface area contributed by atoms with Crippen LogP contribution in [0.4, 0.5) is 5.69 Å². The molecule has 0 bridgehead atoms. The van der Waals surface area contributed by atoms with Crippen LogP contribution in [0.15, 0.2) is 30.4 Å². The summed E-state index contributed by atoms with van der Waals surface area (Å²) in [5.41, 5.74) is 0.863. The molecule has 170 valence electrons. The number of nitrogens with one attached hydrogen (secondary N) is 2. The van der Waals surface area contributed by atoms with E-state index in [0.29, 0.717) is 24.7 Å². The first kappa shape index (κ1) is 22.2. The highest BCUT2D eigenvalue weighted by Crippen LogP contribution is 2.29. The molecule has 4 rings (SSSR count). The molecular formula is C23H23N5O5. The van der Waals surface area contributed by atoms with Crippen LogP contribution in [0.25, 0.3) is 0 Å². The smallest absolute Gasteiger partial charge is 0.262 e. The Bertz CT molecular complexity index is 1100. The third-order valence-electron chi connectivity index (χ3n) is 6.22. The zero-order valence-corrected chi connectivity index (χ0v) is 17.9. The Labute approximate surface area is 190 Å². The van der Waals surface area contributed by atoms with E-state index >= 15 is 0 Å². The molecule has 1 aromatic rings. The van der Waals surface area contributed by atoms with Crippen LogP contribution in [0.5, 0.6) is 0 Å². The number of allylic oxidation sites excluding steroid dienone is 2. The summed E-state index contributed by atoms with van der Waals surface area (Å²) in [6.45, 7) is 1.26. The van der Waals surface area contributed by atoms with Crippen molar-refractivity contribution in [1.82, 2.24) is 15.1 Å². The van der Waals surface area contributed by atoms with Gasteiger partial charge in [0.2, 0.25) is 17.7 Å². The highest BCUT2D eigenvalue weighted by atomic mass is 16.2. The molecule has 3 heterocycles. The number of carbonyl (C=O) groups is 5. The van der Waals surface area contributed by atoms with Crippen molar-refractivity contribution in [3.8, 4) is 6.07 Å². The molecule has 3 aliphatic heterocycles. The van der Waals surface area contributed by atoms with E-state index in [1.54, 1.807) is 11.0 Å². The molecule has 0 aliphatic carbocycles. The highest BCUT2D eigenvalue weighted by molar-refractivity contribution is 6.23. The Morgan fingerprint density at radius 2 is 1.85 bits per heavy atom. The van der Waals surface area contributed by atoms with E-state index in [1.165, 1.54) is 18.2 Å². The predicted molar refractivity (Wildman–Crippen MR) is 116 cm³/mol. The lowest BCUT2D eigenvalue weighted by Crippen LogP contribution is -2.54. The van der Waals surface area contributed by atoms with Crippen molar-refractivity contribution in [2.24, 2.45) is 5.92 Å². The second-order valence-corrected chi connectivity index (χ2v) is 8.27. The monoisotopic (exact) mass is 449 g/mol. The number of carbonyl (C=O) groups excluding carboxylic acids is 5. The first-order valence-corrected chi connectivity index (χ1v) is 10.8. The van der Waals surface area contributed by atoms with Crippen LogP contribution < -0.4 is 10.6 Å². The van der Waals surface area contributed by atoms with Gasteiger partial charge in [-0.25, -0.2) is 0 Å². The van der Waals surface area contributed by atoms with Gasteiger partial charge >= 0.3 is 0 Å². The number of nitriles is 1. The molecule has 0 radical (unpaired) electrons. The Morgan fingerprint density at radius 3 is 2.55 bits per heavy atom. The number of hydrogen-bond donors (Lipinski definition) is 2. The maximum absolute atomic E-state index is 12.9. The van der Waals surface area contributed by atoms with E-state index in [2.05, 4.69) is 10.6 Å². The molecule has 1 atom stereocenters. The molecule has 2 fully saturated rings. The first-order valence-electron chi connectivity index (χ1n) is 10.8. The average molecular weight is 449 g/mol. The fourth-order valence-corrected chi connectivity index (χ4v) is 4.39. The SMILES string of the molecule is N#CC=CC1CCN(C(=O)CNc2ccc3c(c2)C(=O)N(C2CCC(=O)NC2=O)C3=O)CC1. The largest absolute Gasteiger partial charge is 0.376 e. The number of likely N-dealkylation sites (tertiary alicyclic amines) is 1. The Hall–Kier alpha value is -4.00. The van der Waals surface area contributed by atoms with Crippen molar-refractivity contribution >= 4 is 35.2 Å². The fourth-order valence-electron chi connectivity index (χ4n) is 4.39. The van der Waals surface area contributed by atoms with Crippen LogP contribution in [-0.4, -0.2) is 65.0 Å². The van der Waals surface area contributed by atoms with E-state index in [4.69, 9.17) is 5.26 Å². The number of amides is 5. The van der Waals surface area contributed by atoms with E-state index in [0.717, 1.165) is 17.7 Å². The molecule has 0 spiro atoms. The van der Waals surface area contributed by atoms with Crippen molar-refractivity contribution in [3.63, 3.8) is 0 Å².